The molecule has 1 heterocycles. The summed E-state index contributed by atoms with van der Waals surface area (Å²) in [6.07, 6.45) is 0. The van der Waals surface area contributed by atoms with Gasteiger partial charge in [-0.15, -0.1) is 5.06 Å². The smallest absolute Gasteiger partial charge is 0.266 e. The Kier molecular flexibility index (Phi) is 3.23. The molecular formula is C15H9F2NO3. The van der Waals surface area contributed by atoms with Crippen LogP contribution in [0.1, 0.15) is 26.3 Å². The SMILES string of the molecule is O=C1c2ccccc2C(=O)N1OCc1c(F)cccc1F. The third-order valence-electron chi connectivity index (χ3n) is 3.16. The van der Waals surface area contributed by atoms with Crippen LogP contribution < -0.4 is 0 Å². The minimum atomic E-state index is -0.799. The van der Waals surface area contributed by atoms with E-state index < -0.39 is 30.1 Å². The van der Waals surface area contributed by atoms with Gasteiger partial charge in [0.05, 0.1) is 16.7 Å². The van der Waals surface area contributed by atoms with E-state index in [0.29, 0.717) is 5.06 Å². The van der Waals surface area contributed by atoms with Crippen molar-refractivity contribution in [2.45, 2.75) is 6.61 Å². The minimum Gasteiger partial charge on any atom is -0.266 e. The zero-order chi connectivity index (χ0) is 15.0. The molecule has 0 atom stereocenters. The van der Waals surface area contributed by atoms with Crippen molar-refractivity contribution in [2.24, 2.45) is 0 Å². The summed E-state index contributed by atoms with van der Waals surface area (Å²) >= 11 is 0. The standard InChI is InChI=1S/C15H9F2NO3/c16-12-6-3-7-13(17)11(12)8-21-18-14(19)9-4-1-2-5-10(9)15(18)20/h1-7H,8H2. The molecule has 0 unspecified atom stereocenters. The summed E-state index contributed by atoms with van der Waals surface area (Å²) in [7, 11) is 0. The number of carbonyl (C=O) groups is 2. The first-order valence-electron chi connectivity index (χ1n) is 6.13. The van der Waals surface area contributed by atoms with Gasteiger partial charge in [-0.2, -0.15) is 0 Å². The van der Waals surface area contributed by atoms with Crippen LogP contribution in [0, 0.1) is 11.6 Å². The van der Waals surface area contributed by atoms with Gasteiger partial charge in [0.25, 0.3) is 11.8 Å². The second kappa shape index (κ2) is 5.06. The van der Waals surface area contributed by atoms with E-state index in [-0.39, 0.29) is 16.7 Å². The average Bonchev–Trinajstić information content (AvgIpc) is 2.72. The fourth-order valence-corrected chi connectivity index (χ4v) is 2.08. The Morgan fingerprint density at radius 1 is 0.857 bits per heavy atom. The lowest BCUT2D eigenvalue weighted by molar-refractivity contribution is -0.102. The summed E-state index contributed by atoms with van der Waals surface area (Å²) in [5.74, 6) is -2.89. The lowest BCUT2D eigenvalue weighted by Gasteiger charge is -2.14. The molecule has 106 valence electrons. The van der Waals surface area contributed by atoms with Crippen LogP contribution in [0.4, 0.5) is 8.78 Å². The van der Waals surface area contributed by atoms with Crippen LogP contribution in [-0.4, -0.2) is 16.9 Å². The Hall–Kier alpha value is -2.60. The number of benzene rings is 2. The summed E-state index contributed by atoms with van der Waals surface area (Å²) in [6.45, 7) is -0.552. The highest BCUT2D eigenvalue weighted by atomic mass is 19.1. The molecule has 0 spiro atoms. The Morgan fingerprint density at radius 3 is 1.90 bits per heavy atom. The lowest BCUT2D eigenvalue weighted by Crippen LogP contribution is -2.30. The highest BCUT2D eigenvalue weighted by molar-refractivity contribution is 6.20. The Balaban J connectivity index is 1.82. The number of halogens is 2. The van der Waals surface area contributed by atoms with Crippen LogP contribution in [0.2, 0.25) is 0 Å². The van der Waals surface area contributed by atoms with E-state index >= 15 is 0 Å². The van der Waals surface area contributed by atoms with Crippen LogP contribution in [0.5, 0.6) is 0 Å². The molecule has 21 heavy (non-hydrogen) atoms. The highest BCUT2D eigenvalue weighted by Crippen LogP contribution is 2.24. The van der Waals surface area contributed by atoms with Gasteiger partial charge in [-0.1, -0.05) is 18.2 Å². The number of hydrogen-bond donors (Lipinski definition) is 0. The zero-order valence-corrected chi connectivity index (χ0v) is 10.7. The van der Waals surface area contributed by atoms with E-state index in [1.54, 1.807) is 12.1 Å². The molecular weight excluding hydrogens is 280 g/mol. The molecule has 0 saturated carbocycles. The maximum absolute atomic E-state index is 13.5. The molecule has 0 fully saturated rings. The van der Waals surface area contributed by atoms with Crippen LogP contribution in [0.15, 0.2) is 42.5 Å². The van der Waals surface area contributed by atoms with Gasteiger partial charge >= 0.3 is 0 Å². The largest absolute Gasteiger partial charge is 0.285 e. The monoisotopic (exact) mass is 289 g/mol. The molecule has 1 aliphatic rings. The fourth-order valence-electron chi connectivity index (χ4n) is 2.08. The molecule has 2 amide bonds. The van der Waals surface area contributed by atoms with Crippen LogP contribution in [0.25, 0.3) is 0 Å². The van der Waals surface area contributed by atoms with Gasteiger partial charge in [0.1, 0.15) is 18.2 Å². The number of carbonyl (C=O) groups excluding carboxylic acids is 2. The van der Waals surface area contributed by atoms with Gasteiger partial charge in [-0.3, -0.25) is 14.4 Å². The van der Waals surface area contributed by atoms with Crippen molar-refractivity contribution in [3.8, 4) is 0 Å². The molecule has 2 aromatic carbocycles. The molecule has 4 nitrogen and oxygen atoms in total. The van der Waals surface area contributed by atoms with Crippen molar-refractivity contribution >= 4 is 11.8 Å². The molecule has 0 N–H and O–H groups in total. The number of amides is 2. The molecule has 0 bridgehead atoms. The predicted molar refractivity (Wildman–Crippen MR) is 68.1 cm³/mol. The first kappa shape index (κ1) is 13.4. The maximum atomic E-state index is 13.5. The van der Waals surface area contributed by atoms with Crippen molar-refractivity contribution < 1.29 is 23.2 Å². The lowest BCUT2D eigenvalue weighted by atomic mass is 10.1. The summed E-state index contributed by atoms with van der Waals surface area (Å²) in [6, 6.07) is 9.57. The first-order valence-corrected chi connectivity index (χ1v) is 6.13. The second-order valence-corrected chi connectivity index (χ2v) is 4.42. The number of nitrogens with zero attached hydrogens (tertiary/aromatic N) is 1. The van der Waals surface area contributed by atoms with Gasteiger partial charge < -0.3 is 0 Å². The van der Waals surface area contributed by atoms with Crippen LogP contribution >= 0.6 is 0 Å². The average molecular weight is 289 g/mol. The molecule has 1 aliphatic heterocycles. The Labute approximate surface area is 118 Å². The third kappa shape index (κ3) is 2.19. The Morgan fingerprint density at radius 2 is 1.38 bits per heavy atom. The third-order valence-corrected chi connectivity index (χ3v) is 3.16. The summed E-state index contributed by atoms with van der Waals surface area (Å²) < 4.78 is 26.9. The molecule has 6 heteroatoms. The predicted octanol–water partition coefficient (Wildman–Crippen LogP) is 2.69. The van der Waals surface area contributed by atoms with Gasteiger partial charge in [-0.05, 0) is 24.3 Å². The molecule has 0 aliphatic carbocycles. The van der Waals surface area contributed by atoms with Crippen molar-refractivity contribution in [1.82, 2.24) is 5.06 Å². The minimum absolute atomic E-state index is 0.205. The normalized spacial score (nSPS) is 13.7. The van der Waals surface area contributed by atoms with E-state index in [1.807, 2.05) is 0 Å². The van der Waals surface area contributed by atoms with Crippen molar-refractivity contribution in [1.29, 1.82) is 0 Å². The van der Waals surface area contributed by atoms with Crippen LogP contribution in [0.3, 0.4) is 0 Å². The molecule has 0 radical (unpaired) electrons. The van der Waals surface area contributed by atoms with E-state index in [1.165, 1.54) is 18.2 Å². The highest BCUT2D eigenvalue weighted by Gasteiger charge is 2.36. The molecule has 3 rings (SSSR count). The number of fused-ring (bicyclic) bond motifs is 1. The molecule has 2 aromatic rings. The second-order valence-electron chi connectivity index (χ2n) is 4.42. The van der Waals surface area contributed by atoms with E-state index in [9.17, 15) is 18.4 Å². The fraction of sp³-hybridized carbons (Fsp3) is 0.0667. The molecule has 0 aromatic heterocycles. The van der Waals surface area contributed by atoms with Gasteiger partial charge in [0, 0.05) is 0 Å². The number of hydroxylamine groups is 2. The molecule has 0 saturated heterocycles. The first-order chi connectivity index (χ1) is 10.1. The summed E-state index contributed by atoms with van der Waals surface area (Å²) in [4.78, 5) is 29.0. The van der Waals surface area contributed by atoms with E-state index in [0.717, 1.165) is 12.1 Å². The van der Waals surface area contributed by atoms with Crippen LogP contribution in [-0.2, 0) is 11.4 Å². The van der Waals surface area contributed by atoms with Gasteiger partial charge in [0.2, 0.25) is 0 Å². The topological polar surface area (TPSA) is 46.6 Å². The summed E-state index contributed by atoms with van der Waals surface area (Å²) in [5, 5.41) is 0.524. The van der Waals surface area contributed by atoms with Gasteiger partial charge in [-0.25, -0.2) is 8.78 Å². The number of rotatable bonds is 3. The zero-order valence-electron chi connectivity index (χ0n) is 10.7. The quantitative estimate of drug-likeness (QED) is 0.816. The van der Waals surface area contributed by atoms with E-state index in [2.05, 4.69) is 0 Å². The maximum Gasteiger partial charge on any atom is 0.285 e. The Bertz CT molecular complexity index is 690. The van der Waals surface area contributed by atoms with Crippen molar-refractivity contribution in [3.05, 3.63) is 70.8 Å². The van der Waals surface area contributed by atoms with Crippen molar-refractivity contribution in [3.63, 3.8) is 0 Å². The van der Waals surface area contributed by atoms with E-state index in [4.69, 9.17) is 4.84 Å². The van der Waals surface area contributed by atoms with Crippen molar-refractivity contribution in [2.75, 3.05) is 0 Å². The summed E-state index contributed by atoms with van der Waals surface area (Å²) in [5.41, 5.74) is 0.0714. The number of imide groups is 1. The number of hydrogen-bond acceptors (Lipinski definition) is 3. The van der Waals surface area contributed by atoms with Gasteiger partial charge in [0.15, 0.2) is 0 Å².